The van der Waals surface area contributed by atoms with Crippen LogP contribution in [0.1, 0.15) is 0 Å². The van der Waals surface area contributed by atoms with Crippen LogP contribution in [0.4, 0.5) is 4.79 Å². The van der Waals surface area contributed by atoms with Crippen molar-refractivity contribution in [2.24, 2.45) is 0 Å². The molecular formula is C6H10N2OS. The number of fused-ring (bicyclic) bond motifs is 1. The highest BCUT2D eigenvalue weighted by molar-refractivity contribution is 7.99. The van der Waals surface area contributed by atoms with Gasteiger partial charge in [0.05, 0.1) is 12.1 Å². The predicted molar refractivity (Wildman–Crippen MR) is 41.2 cm³/mol. The third kappa shape index (κ3) is 0.714. The number of amides is 2. The molecule has 2 heterocycles. The molecule has 2 amide bonds. The third-order valence-electron chi connectivity index (χ3n) is 2.18. The van der Waals surface area contributed by atoms with Gasteiger partial charge in [0.2, 0.25) is 0 Å². The van der Waals surface area contributed by atoms with Crippen LogP contribution in [0, 0.1) is 0 Å². The molecule has 56 valence electrons. The molecule has 2 unspecified atom stereocenters. The van der Waals surface area contributed by atoms with E-state index in [4.69, 9.17) is 0 Å². The zero-order chi connectivity index (χ0) is 7.14. The molecule has 2 rings (SSSR count). The minimum atomic E-state index is 0.0929. The molecule has 0 aromatic heterocycles. The number of thioether (sulfide) groups is 1. The van der Waals surface area contributed by atoms with E-state index in [1.54, 1.807) is 0 Å². The second-order valence-electron chi connectivity index (χ2n) is 2.77. The summed E-state index contributed by atoms with van der Waals surface area (Å²) in [5, 5.41) is 2.93. The lowest BCUT2D eigenvalue weighted by molar-refractivity contribution is 0.219. The first kappa shape index (κ1) is 6.34. The number of carbonyl (C=O) groups is 1. The van der Waals surface area contributed by atoms with E-state index in [1.807, 2.05) is 23.7 Å². The maximum atomic E-state index is 11.0. The fourth-order valence-electron chi connectivity index (χ4n) is 1.47. The van der Waals surface area contributed by atoms with Gasteiger partial charge in [0, 0.05) is 18.6 Å². The molecule has 0 radical (unpaired) electrons. The molecule has 2 fully saturated rings. The molecule has 0 aromatic rings. The Labute approximate surface area is 64.1 Å². The lowest BCUT2D eigenvalue weighted by Crippen LogP contribution is -2.32. The zero-order valence-electron chi connectivity index (χ0n) is 5.83. The smallest absolute Gasteiger partial charge is 0.317 e. The maximum absolute atomic E-state index is 11.0. The first-order valence-corrected chi connectivity index (χ1v) is 4.55. The molecular weight excluding hydrogens is 148 g/mol. The number of likely N-dealkylation sites (N-methyl/N-ethyl adjacent to an activating group) is 1. The molecule has 0 bridgehead atoms. The Morgan fingerprint density at radius 1 is 1.70 bits per heavy atom. The number of nitrogens with one attached hydrogen (secondary N) is 1. The predicted octanol–water partition coefficient (Wildman–Crippen LogP) is 0.125. The van der Waals surface area contributed by atoms with Crippen LogP contribution in [-0.4, -0.2) is 41.6 Å². The van der Waals surface area contributed by atoms with Crippen molar-refractivity contribution in [1.29, 1.82) is 0 Å². The normalized spacial score (nSPS) is 38.1. The Morgan fingerprint density at radius 3 is 3.20 bits per heavy atom. The summed E-state index contributed by atoms with van der Waals surface area (Å²) in [6, 6.07) is 0.968. The summed E-state index contributed by atoms with van der Waals surface area (Å²) in [5.41, 5.74) is 0. The zero-order valence-corrected chi connectivity index (χ0v) is 6.65. The van der Waals surface area contributed by atoms with E-state index in [1.165, 1.54) is 0 Å². The molecule has 2 aliphatic heterocycles. The highest BCUT2D eigenvalue weighted by Crippen LogP contribution is 2.26. The average Bonchev–Trinajstić information content (AvgIpc) is 2.41. The van der Waals surface area contributed by atoms with Crippen molar-refractivity contribution in [2.75, 3.05) is 18.6 Å². The van der Waals surface area contributed by atoms with Crippen molar-refractivity contribution in [3.63, 3.8) is 0 Å². The third-order valence-corrected chi connectivity index (χ3v) is 3.35. The van der Waals surface area contributed by atoms with Gasteiger partial charge in [-0.05, 0) is 0 Å². The van der Waals surface area contributed by atoms with Crippen LogP contribution >= 0.6 is 11.8 Å². The van der Waals surface area contributed by atoms with Crippen molar-refractivity contribution < 1.29 is 4.79 Å². The van der Waals surface area contributed by atoms with Crippen LogP contribution < -0.4 is 5.32 Å². The monoisotopic (exact) mass is 158 g/mol. The van der Waals surface area contributed by atoms with Gasteiger partial charge in [-0.25, -0.2) is 4.79 Å². The van der Waals surface area contributed by atoms with Crippen molar-refractivity contribution in [1.82, 2.24) is 10.2 Å². The van der Waals surface area contributed by atoms with Crippen molar-refractivity contribution in [3.05, 3.63) is 0 Å². The summed E-state index contributed by atoms with van der Waals surface area (Å²) >= 11 is 1.92. The highest BCUT2D eigenvalue weighted by atomic mass is 32.2. The van der Waals surface area contributed by atoms with Crippen LogP contribution in [0.25, 0.3) is 0 Å². The Bertz CT molecular complexity index is 173. The first-order valence-electron chi connectivity index (χ1n) is 3.40. The molecule has 10 heavy (non-hydrogen) atoms. The summed E-state index contributed by atoms with van der Waals surface area (Å²) in [6.45, 7) is 0. The van der Waals surface area contributed by atoms with E-state index in [9.17, 15) is 4.79 Å². The summed E-state index contributed by atoms with van der Waals surface area (Å²) in [7, 11) is 1.87. The fraction of sp³-hybridized carbons (Fsp3) is 0.833. The van der Waals surface area contributed by atoms with Crippen molar-refractivity contribution in [2.45, 2.75) is 12.1 Å². The quantitative estimate of drug-likeness (QED) is 0.508. The molecule has 0 saturated carbocycles. The molecule has 1 N–H and O–H groups in total. The highest BCUT2D eigenvalue weighted by Gasteiger charge is 2.40. The van der Waals surface area contributed by atoms with E-state index in [0.717, 1.165) is 11.5 Å². The van der Waals surface area contributed by atoms with Crippen LogP contribution in [0.2, 0.25) is 0 Å². The Morgan fingerprint density at radius 2 is 2.50 bits per heavy atom. The lowest BCUT2D eigenvalue weighted by atomic mass is 10.2. The van der Waals surface area contributed by atoms with Crippen LogP contribution in [0.3, 0.4) is 0 Å². The van der Waals surface area contributed by atoms with Crippen LogP contribution in [0.5, 0.6) is 0 Å². The number of hydrogen-bond acceptors (Lipinski definition) is 2. The van der Waals surface area contributed by atoms with E-state index in [-0.39, 0.29) is 6.03 Å². The van der Waals surface area contributed by atoms with Gasteiger partial charge in [0.1, 0.15) is 0 Å². The number of hydrogen-bond donors (Lipinski definition) is 1. The van der Waals surface area contributed by atoms with E-state index in [0.29, 0.717) is 12.1 Å². The fourth-order valence-corrected chi connectivity index (χ4v) is 2.87. The second kappa shape index (κ2) is 2.05. The molecule has 0 aromatic carbocycles. The van der Waals surface area contributed by atoms with Gasteiger partial charge in [-0.15, -0.1) is 0 Å². The van der Waals surface area contributed by atoms with Crippen molar-refractivity contribution in [3.8, 4) is 0 Å². The molecule has 2 saturated heterocycles. The molecule has 3 nitrogen and oxygen atoms in total. The van der Waals surface area contributed by atoms with E-state index < -0.39 is 0 Å². The number of urea groups is 1. The number of nitrogens with zero attached hydrogens (tertiary/aromatic N) is 1. The van der Waals surface area contributed by atoms with Gasteiger partial charge < -0.3 is 10.2 Å². The van der Waals surface area contributed by atoms with E-state index >= 15 is 0 Å². The van der Waals surface area contributed by atoms with Crippen LogP contribution in [-0.2, 0) is 0 Å². The van der Waals surface area contributed by atoms with Gasteiger partial charge in [0.15, 0.2) is 0 Å². The largest absolute Gasteiger partial charge is 0.332 e. The summed E-state index contributed by atoms with van der Waals surface area (Å²) in [5.74, 6) is 2.18. The maximum Gasteiger partial charge on any atom is 0.317 e. The summed E-state index contributed by atoms with van der Waals surface area (Å²) < 4.78 is 0. The second-order valence-corrected chi connectivity index (χ2v) is 3.85. The molecule has 0 aliphatic carbocycles. The van der Waals surface area contributed by atoms with E-state index in [2.05, 4.69) is 5.32 Å². The van der Waals surface area contributed by atoms with Gasteiger partial charge in [0.25, 0.3) is 0 Å². The first-order chi connectivity index (χ1) is 4.79. The van der Waals surface area contributed by atoms with Gasteiger partial charge in [-0.3, -0.25) is 0 Å². The molecule has 4 heteroatoms. The Balaban J connectivity index is 2.16. The average molecular weight is 158 g/mol. The summed E-state index contributed by atoms with van der Waals surface area (Å²) in [6.07, 6.45) is 0. The Kier molecular flexibility index (Phi) is 1.30. The SMILES string of the molecule is CN1C(=O)NC2CSCC21. The number of rotatable bonds is 0. The number of carbonyl (C=O) groups excluding carboxylic acids is 1. The standard InChI is InChI=1S/C6H10N2OS/c1-8-5-3-10-2-4(5)7-6(8)9/h4-5H,2-3H2,1H3,(H,7,9). The lowest BCUT2D eigenvalue weighted by Gasteiger charge is -2.14. The molecule has 0 spiro atoms. The van der Waals surface area contributed by atoms with Gasteiger partial charge in [-0.2, -0.15) is 11.8 Å². The Hall–Kier alpha value is -0.380. The minimum Gasteiger partial charge on any atom is -0.332 e. The topological polar surface area (TPSA) is 32.3 Å². The molecule has 2 aliphatic rings. The van der Waals surface area contributed by atoms with Crippen molar-refractivity contribution >= 4 is 17.8 Å². The van der Waals surface area contributed by atoms with Gasteiger partial charge >= 0.3 is 6.03 Å². The minimum absolute atomic E-state index is 0.0929. The van der Waals surface area contributed by atoms with Crippen LogP contribution in [0.15, 0.2) is 0 Å². The molecule has 2 atom stereocenters. The summed E-state index contributed by atoms with van der Waals surface area (Å²) in [4.78, 5) is 12.8. The van der Waals surface area contributed by atoms with Gasteiger partial charge in [-0.1, -0.05) is 0 Å².